The number of esters is 2. The van der Waals surface area contributed by atoms with E-state index in [2.05, 4.69) is 220 Å². The van der Waals surface area contributed by atoms with Gasteiger partial charge >= 0.3 is 11.9 Å². The molecular formula is C88H139NO8. The third-order valence-corrected chi connectivity index (χ3v) is 15.5. The first kappa shape index (κ1) is 90.9. The number of allylic oxidation sites excluding steroid dienone is 34. The van der Waals surface area contributed by atoms with Gasteiger partial charge in [-0.3, -0.25) is 9.59 Å². The van der Waals surface area contributed by atoms with E-state index in [0.29, 0.717) is 23.9 Å². The third-order valence-electron chi connectivity index (χ3n) is 15.5. The Hall–Kier alpha value is -6.13. The second-order valence-electron chi connectivity index (χ2n) is 25.8. The molecule has 0 aromatic heterocycles. The molecule has 2 atom stereocenters. The number of unbranched alkanes of at least 4 members (excludes halogenated alkanes) is 19. The van der Waals surface area contributed by atoms with Crippen LogP contribution in [0.25, 0.3) is 0 Å². The lowest BCUT2D eigenvalue weighted by molar-refractivity contribution is -0.870. The zero-order valence-electron chi connectivity index (χ0n) is 62.1. The van der Waals surface area contributed by atoms with Gasteiger partial charge in [0, 0.05) is 12.8 Å². The number of carboxylic acid groups (broad SMARTS) is 1. The number of likely N-dealkylation sites (N-methyl/N-ethyl adjacent to an activating group) is 1. The summed E-state index contributed by atoms with van der Waals surface area (Å²) in [4.78, 5) is 37.6. The van der Waals surface area contributed by atoms with Crippen LogP contribution in [-0.2, 0) is 33.3 Å². The van der Waals surface area contributed by atoms with E-state index in [1.54, 1.807) is 0 Å². The van der Waals surface area contributed by atoms with Gasteiger partial charge in [-0.05, 0) is 148 Å². The summed E-state index contributed by atoms with van der Waals surface area (Å²) < 4.78 is 22.8. The highest BCUT2D eigenvalue weighted by Gasteiger charge is 2.22. The molecule has 9 heteroatoms. The summed E-state index contributed by atoms with van der Waals surface area (Å²) >= 11 is 0. The summed E-state index contributed by atoms with van der Waals surface area (Å²) in [5, 5.41) is 11.9. The average molecular weight is 1340 g/mol. The van der Waals surface area contributed by atoms with E-state index in [0.717, 1.165) is 167 Å². The zero-order chi connectivity index (χ0) is 70.4. The van der Waals surface area contributed by atoms with Gasteiger partial charge in [0.1, 0.15) is 13.2 Å². The fourth-order valence-corrected chi connectivity index (χ4v) is 9.78. The fourth-order valence-electron chi connectivity index (χ4n) is 9.78. The molecule has 0 radical (unpaired) electrons. The predicted molar refractivity (Wildman–Crippen MR) is 416 cm³/mol. The molecule has 0 aliphatic rings. The van der Waals surface area contributed by atoms with Gasteiger partial charge in [-0.1, -0.05) is 317 Å². The van der Waals surface area contributed by atoms with Gasteiger partial charge in [-0.15, -0.1) is 0 Å². The van der Waals surface area contributed by atoms with Gasteiger partial charge in [0.05, 0.1) is 40.3 Å². The van der Waals surface area contributed by atoms with Crippen LogP contribution in [-0.4, -0.2) is 82.3 Å². The van der Waals surface area contributed by atoms with Crippen molar-refractivity contribution in [2.24, 2.45) is 0 Å². The lowest BCUT2D eigenvalue weighted by Crippen LogP contribution is -2.44. The van der Waals surface area contributed by atoms with Gasteiger partial charge in [0.15, 0.2) is 12.4 Å². The van der Waals surface area contributed by atoms with Gasteiger partial charge in [-0.2, -0.15) is 0 Å². The molecule has 2 unspecified atom stereocenters. The highest BCUT2D eigenvalue weighted by atomic mass is 16.7. The summed E-state index contributed by atoms with van der Waals surface area (Å²) in [6, 6.07) is 0. The number of quaternary nitrogens is 1. The maximum atomic E-state index is 13.0. The Kier molecular flexibility index (Phi) is 70.9. The molecule has 0 aliphatic heterocycles. The number of hydrogen-bond acceptors (Lipinski definition) is 8. The lowest BCUT2D eigenvalue weighted by atomic mass is 10.0. The molecule has 0 fully saturated rings. The minimum absolute atomic E-state index is 0.135. The quantitative estimate of drug-likeness (QED) is 0.0195. The third kappa shape index (κ3) is 77.1. The van der Waals surface area contributed by atoms with E-state index in [1.807, 2.05) is 21.1 Å². The Bertz CT molecular complexity index is 2350. The topological polar surface area (TPSA) is 111 Å². The molecule has 0 bridgehead atoms. The van der Waals surface area contributed by atoms with E-state index in [1.165, 1.54) is 64.2 Å². The van der Waals surface area contributed by atoms with Crippen molar-refractivity contribution in [3.8, 4) is 0 Å². The molecule has 0 aromatic carbocycles. The molecule has 544 valence electrons. The molecule has 0 N–H and O–H groups in total. The molecule has 0 rings (SSSR count). The van der Waals surface area contributed by atoms with E-state index >= 15 is 0 Å². The number of carboxylic acids is 1. The first-order valence-corrected chi connectivity index (χ1v) is 38.2. The number of carbonyl (C=O) groups excluding carboxylic acids is 3. The van der Waals surface area contributed by atoms with Crippen LogP contribution in [0.1, 0.15) is 271 Å². The minimum Gasteiger partial charge on any atom is -0.545 e. The Balaban J connectivity index is 4.17. The van der Waals surface area contributed by atoms with Crippen LogP contribution < -0.4 is 5.11 Å². The normalized spacial score (nSPS) is 13.9. The number of nitrogens with zero attached hydrogens (tertiary/aromatic N) is 1. The maximum absolute atomic E-state index is 13.0. The van der Waals surface area contributed by atoms with Crippen LogP contribution in [0.4, 0.5) is 0 Å². The van der Waals surface area contributed by atoms with Crippen molar-refractivity contribution in [2.45, 2.75) is 283 Å². The summed E-state index contributed by atoms with van der Waals surface area (Å²) in [5.74, 6) is -2.32. The summed E-state index contributed by atoms with van der Waals surface area (Å²) in [7, 11) is 5.92. The number of carbonyl (C=O) groups is 3. The molecule has 0 amide bonds. The highest BCUT2D eigenvalue weighted by Crippen LogP contribution is 2.16. The standard InChI is InChI=1S/C88H139NO8/c1-6-8-10-12-14-16-18-20-22-24-26-28-30-32-34-36-38-39-40-41-42-43-44-45-46-47-49-51-53-55-57-59-61-63-65-67-69-71-73-75-77-79-86(91)97-84(83-96-88(87(92)93)94-81-80-89(3,4)5)82-95-85(90)78-76-74-72-70-68-66-64-62-60-58-56-54-52-50-48-37-35-33-31-29-27-25-23-21-19-17-15-13-11-9-7-2/h8-11,14-17,20-23,26-29,32-35,38-39,41-42,44-45,47-50,54,56,60,62,84,88H,6-7,12-13,18-19,24-25,30-31,36-37,40,43,46,51-53,55,57-59,61,63-83H2,1-5H3/b10-8-,11-9-,16-14-,17-15-,22-20-,23-21-,28-26-,29-27-,34-32-,35-33-,39-38-,42-41-,45-44-,49-47-,50-48-,56-54-,62-60-. The van der Waals surface area contributed by atoms with Crippen LogP contribution in [0, 0.1) is 0 Å². The van der Waals surface area contributed by atoms with Crippen molar-refractivity contribution in [3.63, 3.8) is 0 Å². The average Bonchev–Trinajstić information content (AvgIpc) is 3.27. The van der Waals surface area contributed by atoms with Gasteiger partial charge in [0.2, 0.25) is 0 Å². The van der Waals surface area contributed by atoms with Crippen LogP contribution in [0.15, 0.2) is 207 Å². The van der Waals surface area contributed by atoms with E-state index in [4.69, 9.17) is 18.9 Å². The summed E-state index contributed by atoms with van der Waals surface area (Å²) in [5.41, 5.74) is 0. The Labute approximate surface area is 594 Å². The lowest BCUT2D eigenvalue weighted by Gasteiger charge is -2.26. The molecule has 97 heavy (non-hydrogen) atoms. The van der Waals surface area contributed by atoms with Crippen molar-refractivity contribution >= 4 is 17.9 Å². The zero-order valence-corrected chi connectivity index (χ0v) is 62.1. The number of rotatable bonds is 68. The highest BCUT2D eigenvalue weighted by molar-refractivity contribution is 5.70. The molecule has 0 saturated heterocycles. The second-order valence-corrected chi connectivity index (χ2v) is 25.8. The predicted octanol–water partition coefficient (Wildman–Crippen LogP) is 23.4. The Morgan fingerprint density at radius 3 is 0.825 bits per heavy atom. The monoisotopic (exact) mass is 1340 g/mol. The molecular weight excluding hydrogens is 1200 g/mol. The number of hydrogen-bond donors (Lipinski definition) is 0. The largest absolute Gasteiger partial charge is 0.545 e. The summed E-state index contributed by atoms with van der Waals surface area (Å²) in [6.45, 7) is 4.49. The number of ether oxygens (including phenoxy) is 4. The van der Waals surface area contributed by atoms with Crippen LogP contribution in [0.5, 0.6) is 0 Å². The fraction of sp³-hybridized carbons (Fsp3) is 0.580. The first-order chi connectivity index (χ1) is 47.6. The molecule has 0 saturated carbocycles. The van der Waals surface area contributed by atoms with Crippen molar-refractivity contribution in [3.05, 3.63) is 207 Å². The summed E-state index contributed by atoms with van der Waals surface area (Å²) in [6.07, 6.45) is 115. The van der Waals surface area contributed by atoms with Crippen molar-refractivity contribution in [1.29, 1.82) is 0 Å². The Morgan fingerprint density at radius 1 is 0.309 bits per heavy atom. The van der Waals surface area contributed by atoms with Crippen molar-refractivity contribution < 1.29 is 42.9 Å². The molecule has 0 heterocycles. The SMILES string of the molecule is CC/C=C\C/C=C\C/C=C\C/C=C\C/C=C\C/C=C\C/C=C\C/C=C\C/C=C\CCCCCCCCCCCCCCCC(=O)OC(COC(=O)CCCCCCCC/C=C\C/C=C\C/C=C\C/C=C\C/C=C\C/C=C\C/C=C\C/C=C\CC)COC(OCC[N+](C)(C)C)C(=O)[O-]. The van der Waals surface area contributed by atoms with Crippen LogP contribution in [0.2, 0.25) is 0 Å². The van der Waals surface area contributed by atoms with E-state index in [9.17, 15) is 19.5 Å². The molecule has 9 nitrogen and oxygen atoms in total. The smallest absolute Gasteiger partial charge is 0.306 e. The van der Waals surface area contributed by atoms with E-state index in [-0.39, 0.29) is 38.6 Å². The van der Waals surface area contributed by atoms with Gasteiger partial charge < -0.3 is 33.3 Å². The van der Waals surface area contributed by atoms with Crippen LogP contribution in [0.3, 0.4) is 0 Å². The van der Waals surface area contributed by atoms with Gasteiger partial charge in [-0.25, -0.2) is 0 Å². The minimum atomic E-state index is -1.64. The molecule has 0 aromatic rings. The molecule has 0 spiro atoms. The van der Waals surface area contributed by atoms with Gasteiger partial charge in [0.25, 0.3) is 0 Å². The van der Waals surface area contributed by atoms with Crippen LogP contribution >= 0.6 is 0 Å². The maximum Gasteiger partial charge on any atom is 0.306 e. The first-order valence-electron chi connectivity index (χ1n) is 38.2. The molecule has 0 aliphatic carbocycles. The Morgan fingerprint density at radius 2 is 0.557 bits per heavy atom. The van der Waals surface area contributed by atoms with Crippen molar-refractivity contribution in [2.75, 3.05) is 47.5 Å². The number of aliphatic carboxylic acids is 1. The van der Waals surface area contributed by atoms with Crippen molar-refractivity contribution in [1.82, 2.24) is 0 Å². The second kappa shape index (κ2) is 75.6. The van der Waals surface area contributed by atoms with E-state index < -0.39 is 24.3 Å².